The molecule has 2 aliphatic heterocycles. The molecule has 4 heterocycles. The molecule has 1 fully saturated rings. The molecule has 5 rings (SSSR count). The van der Waals surface area contributed by atoms with E-state index in [-0.39, 0.29) is 18.8 Å². The maximum Gasteiger partial charge on any atom is 0.401 e. The number of hydrogen-bond donors (Lipinski definition) is 1. The molecule has 2 aromatic heterocycles. The van der Waals surface area contributed by atoms with Gasteiger partial charge < -0.3 is 5.32 Å². The van der Waals surface area contributed by atoms with Crippen molar-refractivity contribution in [3.8, 4) is 11.3 Å². The van der Waals surface area contributed by atoms with Crippen LogP contribution in [-0.4, -0.2) is 75.7 Å². The Hall–Kier alpha value is -2.98. The van der Waals surface area contributed by atoms with Crippen molar-refractivity contribution in [3.63, 3.8) is 0 Å². The highest BCUT2D eigenvalue weighted by Gasteiger charge is 2.41. The van der Waals surface area contributed by atoms with Crippen LogP contribution in [0.2, 0.25) is 0 Å². The van der Waals surface area contributed by atoms with Crippen molar-refractivity contribution in [3.05, 3.63) is 65.6 Å². The van der Waals surface area contributed by atoms with E-state index in [0.29, 0.717) is 18.5 Å². The van der Waals surface area contributed by atoms with Gasteiger partial charge in [0.25, 0.3) is 0 Å². The topological polar surface area (TPSA) is 49.2 Å². The molecular weight excluding hydrogens is 484 g/mol. The van der Waals surface area contributed by atoms with Crippen molar-refractivity contribution in [2.24, 2.45) is 7.05 Å². The molecule has 0 radical (unpaired) electrons. The van der Waals surface area contributed by atoms with Gasteiger partial charge in [0, 0.05) is 44.5 Å². The number of hydrogen-bond acceptors (Lipinski definition) is 5. The number of alkyl halides is 4. The average molecular weight is 517 g/mol. The first kappa shape index (κ1) is 25.7. The van der Waals surface area contributed by atoms with E-state index in [9.17, 15) is 17.6 Å². The van der Waals surface area contributed by atoms with E-state index in [1.54, 1.807) is 10.9 Å². The molecule has 10 heteroatoms. The monoisotopic (exact) mass is 516 g/mol. The van der Waals surface area contributed by atoms with Crippen LogP contribution in [0.15, 0.2) is 48.8 Å². The van der Waals surface area contributed by atoms with Crippen LogP contribution in [0.1, 0.15) is 36.2 Å². The number of fused-ring (bicyclic) bond motifs is 1. The lowest BCUT2D eigenvalue weighted by atomic mass is 9.85. The number of halogens is 4. The van der Waals surface area contributed by atoms with Crippen LogP contribution < -0.4 is 5.32 Å². The van der Waals surface area contributed by atoms with E-state index in [0.717, 1.165) is 47.7 Å². The van der Waals surface area contributed by atoms with Crippen LogP contribution in [0.3, 0.4) is 0 Å². The summed E-state index contributed by atoms with van der Waals surface area (Å²) >= 11 is 0. The van der Waals surface area contributed by atoms with Crippen molar-refractivity contribution in [2.75, 3.05) is 38.2 Å². The number of pyridine rings is 1. The van der Waals surface area contributed by atoms with E-state index < -0.39 is 18.8 Å². The third kappa shape index (κ3) is 5.80. The molecule has 0 unspecified atom stereocenters. The zero-order valence-electron chi connectivity index (χ0n) is 21.0. The number of anilines is 1. The molecule has 0 saturated carbocycles. The Morgan fingerprint density at radius 2 is 1.92 bits per heavy atom. The van der Waals surface area contributed by atoms with Crippen molar-refractivity contribution >= 4 is 5.69 Å². The number of aromatic nitrogens is 3. The first-order valence-corrected chi connectivity index (χ1v) is 12.7. The lowest BCUT2D eigenvalue weighted by Gasteiger charge is -2.42. The minimum atomic E-state index is -4.32. The Kier molecular flexibility index (Phi) is 7.22. The molecule has 1 N–H and O–H groups in total. The maximum absolute atomic E-state index is 13.6. The van der Waals surface area contributed by atoms with Gasteiger partial charge in [-0.1, -0.05) is 12.1 Å². The van der Waals surface area contributed by atoms with Gasteiger partial charge >= 0.3 is 6.18 Å². The zero-order valence-corrected chi connectivity index (χ0v) is 21.0. The van der Waals surface area contributed by atoms with Crippen molar-refractivity contribution in [1.82, 2.24) is 24.6 Å². The minimum Gasteiger partial charge on any atom is -0.378 e. The summed E-state index contributed by atoms with van der Waals surface area (Å²) in [5.74, 6) is 0. The van der Waals surface area contributed by atoms with E-state index in [1.165, 1.54) is 4.90 Å². The van der Waals surface area contributed by atoms with E-state index in [4.69, 9.17) is 0 Å². The predicted octanol–water partition coefficient (Wildman–Crippen LogP) is 4.84. The van der Waals surface area contributed by atoms with Gasteiger partial charge in [0.2, 0.25) is 0 Å². The molecule has 198 valence electrons. The zero-order chi connectivity index (χ0) is 26.2. The fraction of sp³-hybridized carbons (Fsp3) is 0.481. The molecule has 1 saturated heterocycles. The summed E-state index contributed by atoms with van der Waals surface area (Å²) in [4.78, 5) is 8.32. The van der Waals surface area contributed by atoms with Gasteiger partial charge in [-0.2, -0.15) is 18.3 Å². The summed E-state index contributed by atoms with van der Waals surface area (Å²) in [5, 5.41) is 7.89. The first-order chi connectivity index (χ1) is 17.7. The first-order valence-electron chi connectivity index (χ1n) is 12.7. The largest absolute Gasteiger partial charge is 0.401 e. The number of rotatable bonds is 8. The minimum absolute atomic E-state index is 0.259. The van der Waals surface area contributed by atoms with E-state index in [2.05, 4.69) is 20.3 Å². The van der Waals surface area contributed by atoms with Gasteiger partial charge in [-0.05, 0) is 55.2 Å². The van der Waals surface area contributed by atoms with Gasteiger partial charge in [-0.3, -0.25) is 23.9 Å². The molecule has 3 aromatic rings. The van der Waals surface area contributed by atoms with Crippen LogP contribution in [0.5, 0.6) is 0 Å². The normalized spacial score (nSPS) is 21.0. The van der Waals surface area contributed by atoms with Crippen LogP contribution in [0.4, 0.5) is 23.2 Å². The fourth-order valence-electron chi connectivity index (χ4n) is 5.44. The van der Waals surface area contributed by atoms with Gasteiger partial charge in [0.05, 0.1) is 48.6 Å². The molecule has 2 atom stereocenters. The fourth-order valence-corrected chi connectivity index (χ4v) is 5.44. The number of nitrogens with one attached hydrogen (secondary N) is 1. The lowest BCUT2D eigenvalue weighted by molar-refractivity contribution is -0.155. The second-order valence-corrected chi connectivity index (χ2v) is 10.1. The number of benzene rings is 1. The summed E-state index contributed by atoms with van der Waals surface area (Å²) in [7, 11) is 1.85. The lowest BCUT2D eigenvalue weighted by Crippen LogP contribution is -2.54. The SMILES string of the molecule is C[C@@H]1Cc2cc(-c3ccn(C)n3)ccc2[C@H](c2ccc(NC3CN(CCCF)C3)cn2)N1CC(F)(F)F. The molecule has 2 aliphatic rings. The second kappa shape index (κ2) is 10.4. The smallest absolute Gasteiger partial charge is 0.378 e. The van der Waals surface area contributed by atoms with Crippen LogP contribution in [0, 0.1) is 0 Å². The van der Waals surface area contributed by atoms with Gasteiger partial charge in [-0.25, -0.2) is 0 Å². The molecule has 0 spiro atoms. The van der Waals surface area contributed by atoms with E-state index in [1.807, 2.05) is 56.6 Å². The standard InChI is InChI=1S/C27H32F4N6/c1-18-12-20-13-19(24-8-11-35(2)34-24)4-6-23(20)26(37(18)17-27(29,30)31)25-7-5-21(14-32-25)33-22-15-36(16-22)10-3-9-28/h4-8,11,13-14,18,22,26,33H,3,9-10,12,15-17H2,1-2H3/t18-,26-/m1/s1. The number of nitrogens with zero attached hydrogens (tertiary/aromatic N) is 5. The quantitative estimate of drug-likeness (QED) is 0.435. The Morgan fingerprint density at radius 3 is 2.57 bits per heavy atom. The number of aryl methyl sites for hydroxylation is 1. The van der Waals surface area contributed by atoms with Crippen LogP contribution in [0.25, 0.3) is 11.3 Å². The predicted molar refractivity (Wildman–Crippen MR) is 135 cm³/mol. The van der Waals surface area contributed by atoms with Crippen molar-refractivity contribution in [2.45, 2.75) is 44.1 Å². The van der Waals surface area contributed by atoms with Crippen molar-refractivity contribution in [1.29, 1.82) is 0 Å². The summed E-state index contributed by atoms with van der Waals surface area (Å²) < 4.78 is 55.0. The third-order valence-electron chi connectivity index (χ3n) is 7.22. The van der Waals surface area contributed by atoms with Gasteiger partial charge in [0.1, 0.15) is 0 Å². The summed E-state index contributed by atoms with van der Waals surface area (Å²) in [6.07, 6.45) is 0.311. The summed E-state index contributed by atoms with van der Waals surface area (Å²) in [6.45, 7) is 2.97. The molecule has 6 nitrogen and oxygen atoms in total. The maximum atomic E-state index is 13.6. The van der Waals surface area contributed by atoms with Crippen molar-refractivity contribution < 1.29 is 17.6 Å². The Balaban J connectivity index is 1.40. The Labute approximate surface area is 214 Å². The van der Waals surface area contributed by atoms with Crippen LogP contribution in [-0.2, 0) is 13.5 Å². The molecule has 0 bridgehead atoms. The molecular formula is C27H32F4N6. The highest BCUT2D eigenvalue weighted by molar-refractivity contribution is 5.62. The van der Waals surface area contributed by atoms with E-state index >= 15 is 0 Å². The summed E-state index contributed by atoms with van der Waals surface area (Å²) in [5.41, 5.74) is 5.06. The summed E-state index contributed by atoms with van der Waals surface area (Å²) in [6, 6.07) is 10.9. The average Bonchev–Trinajstić information content (AvgIpc) is 3.26. The molecule has 37 heavy (non-hydrogen) atoms. The van der Waals surface area contributed by atoms with Crippen LogP contribution >= 0.6 is 0 Å². The molecule has 0 aliphatic carbocycles. The van der Waals surface area contributed by atoms with Gasteiger partial charge in [0.15, 0.2) is 0 Å². The number of likely N-dealkylation sites (tertiary alicyclic amines) is 1. The Bertz CT molecular complexity index is 1200. The molecule has 0 amide bonds. The highest BCUT2D eigenvalue weighted by atomic mass is 19.4. The third-order valence-corrected chi connectivity index (χ3v) is 7.22. The van der Waals surface area contributed by atoms with Gasteiger partial charge in [-0.15, -0.1) is 0 Å². The molecule has 1 aromatic carbocycles. The second-order valence-electron chi connectivity index (χ2n) is 10.1. The highest BCUT2D eigenvalue weighted by Crippen LogP contribution is 2.40. The Morgan fingerprint density at radius 1 is 1.11 bits per heavy atom.